The summed E-state index contributed by atoms with van der Waals surface area (Å²) >= 11 is 6.08. The number of nitrogens with one attached hydrogen (secondary N) is 1. The summed E-state index contributed by atoms with van der Waals surface area (Å²) in [7, 11) is 0. The molecule has 0 bridgehead atoms. The number of hydrogen-bond acceptors (Lipinski definition) is 4. The number of hydrogen-bond donors (Lipinski definition) is 2. The summed E-state index contributed by atoms with van der Waals surface area (Å²) in [6, 6.07) is 1.45. The quantitative estimate of drug-likeness (QED) is 0.433. The second-order valence-corrected chi connectivity index (χ2v) is 3.16. The number of thioether (sulfide) groups is 1. The standard InChI is InChI=1S/C6H6N2O2S2/c1-12-4-2-3(5(9)10)7-6(11)8-4/h2H,1H3,(H,9,10)(H,7,8,11). The largest absolute Gasteiger partial charge is 0.477 e. The van der Waals surface area contributed by atoms with Gasteiger partial charge in [-0.3, -0.25) is 0 Å². The Bertz CT molecular complexity index is 361. The molecule has 1 aromatic rings. The number of H-pyrrole nitrogens is 1. The lowest BCUT2D eigenvalue weighted by molar-refractivity contribution is 0.0689. The Hall–Kier alpha value is -0.880. The minimum absolute atomic E-state index is 0.0688. The van der Waals surface area contributed by atoms with Gasteiger partial charge in [0.25, 0.3) is 0 Å². The van der Waals surface area contributed by atoms with Gasteiger partial charge in [0.2, 0.25) is 0 Å². The zero-order chi connectivity index (χ0) is 9.14. The minimum atomic E-state index is -1.03. The molecular formula is C6H6N2O2S2. The van der Waals surface area contributed by atoms with Crippen molar-refractivity contribution in [3.8, 4) is 0 Å². The molecule has 0 unspecified atom stereocenters. The molecule has 1 aromatic heterocycles. The predicted molar refractivity (Wildman–Crippen MR) is 48.2 cm³/mol. The SMILES string of the molecule is CSc1cc(C(=O)O)[nH]c(=S)n1. The number of carboxylic acid groups (broad SMARTS) is 1. The van der Waals surface area contributed by atoms with Crippen LogP contribution in [0.2, 0.25) is 0 Å². The average molecular weight is 202 g/mol. The highest BCUT2D eigenvalue weighted by atomic mass is 32.2. The monoisotopic (exact) mass is 202 g/mol. The number of nitrogens with zero attached hydrogens (tertiary/aromatic N) is 1. The van der Waals surface area contributed by atoms with Crippen LogP contribution in [0, 0.1) is 4.77 Å². The highest BCUT2D eigenvalue weighted by molar-refractivity contribution is 7.98. The minimum Gasteiger partial charge on any atom is -0.477 e. The fourth-order valence-electron chi connectivity index (χ4n) is 0.655. The van der Waals surface area contributed by atoms with E-state index in [-0.39, 0.29) is 10.5 Å². The second kappa shape index (κ2) is 3.68. The zero-order valence-corrected chi connectivity index (χ0v) is 7.83. The van der Waals surface area contributed by atoms with Crippen LogP contribution in [0.3, 0.4) is 0 Å². The Morgan fingerprint density at radius 1 is 1.83 bits per heavy atom. The summed E-state index contributed by atoms with van der Waals surface area (Å²) in [4.78, 5) is 16.9. The number of aromatic amines is 1. The molecule has 4 nitrogen and oxygen atoms in total. The molecule has 0 saturated heterocycles. The molecule has 12 heavy (non-hydrogen) atoms. The van der Waals surface area contributed by atoms with Crippen LogP contribution < -0.4 is 0 Å². The number of carboxylic acids is 1. The highest BCUT2D eigenvalue weighted by Crippen LogP contribution is 2.11. The first kappa shape index (κ1) is 9.21. The maximum atomic E-state index is 10.5. The molecule has 0 aliphatic rings. The Morgan fingerprint density at radius 2 is 2.50 bits per heavy atom. The Balaban J connectivity index is 3.24. The van der Waals surface area contributed by atoms with Crippen molar-refractivity contribution in [2.45, 2.75) is 5.03 Å². The van der Waals surface area contributed by atoms with E-state index in [1.807, 2.05) is 6.26 Å². The van der Waals surface area contributed by atoms with Gasteiger partial charge in [0.05, 0.1) is 0 Å². The lowest BCUT2D eigenvalue weighted by Gasteiger charge is -1.97. The third-order valence-corrected chi connectivity index (χ3v) is 1.98. The topological polar surface area (TPSA) is 66.0 Å². The summed E-state index contributed by atoms with van der Waals surface area (Å²) in [6.45, 7) is 0. The third kappa shape index (κ3) is 2.05. The van der Waals surface area contributed by atoms with E-state index in [0.717, 1.165) is 0 Å². The van der Waals surface area contributed by atoms with Gasteiger partial charge >= 0.3 is 5.97 Å². The van der Waals surface area contributed by atoms with E-state index in [0.29, 0.717) is 5.03 Å². The first-order valence-electron chi connectivity index (χ1n) is 3.02. The predicted octanol–water partition coefficient (Wildman–Crippen LogP) is 1.56. The molecular weight excluding hydrogens is 196 g/mol. The van der Waals surface area contributed by atoms with E-state index in [1.165, 1.54) is 17.8 Å². The first-order valence-corrected chi connectivity index (χ1v) is 4.65. The van der Waals surface area contributed by atoms with Crippen LogP contribution in [-0.2, 0) is 0 Å². The first-order chi connectivity index (χ1) is 5.63. The van der Waals surface area contributed by atoms with Gasteiger partial charge in [-0.05, 0) is 18.5 Å². The summed E-state index contributed by atoms with van der Waals surface area (Å²) in [5.74, 6) is -1.03. The van der Waals surface area contributed by atoms with Gasteiger partial charge in [0.15, 0.2) is 4.77 Å². The molecule has 1 rings (SSSR count). The number of aromatic nitrogens is 2. The third-order valence-electron chi connectivity index (χ3n) is 1.16. The summed E-state index contributed by atoms with van der Waals surface area (Å²) in [5, 5.41) is 9.22. The van der Waals surface area contributed by atoms with Gasteiger partial charge in [0, 0.05) is 6.07 Å². The zero-order valence-electron chi connectivity index (χ0n) is 6.20. The number of carbonyl (C=O) groups is 1. The summed E-state index contributed by atoms with van der Waals surface area (Å²) in [6.07, 6.45) is 1.81. The molecule has 0 saturated carbocycles. The van der Waals surface area contributed by atoms with Gasteiger partial charge in [-0.15, -0.1) is 11.8 Å². The van der Waals surface area contributed by atoms with Crippen molar-refractivity contribution in [2.24, 2.45) is 0 Å². The molecule has 0 atom stereocenters. The van der Waals surface area contributed by atoms with Gasteiger partial charge in [-0.1, -0.05) is 0 Å². The van der Waals surface area contributed by atoms with E-state index in [4.69, 9.17) is 17.3 Å². The molecule has 0 fully saturated rings. The fourth-order valence-corrected chi connectivity index (χ4v) is 1.34. The van der Waals surface area contributed by atoms with Crippen LogP contribution in [0.25, 0.3) is 0 Å². The van der Waals surface area contributed by atoms with Crippen LogP contribution in [0.15, 0.2) is 11.1 Å². The number of rotatable bonds is 2. The maximum Gasteiger partial charge on any atom is 0.352 e. The van der Waals surface area contributed by atoms with Crippen molar-refractivity contribution in [2.75, 3.05) is 6.26 Å². The number of aromatic carboxylic acids is 1. The van der Waals surface area contributed by atoms with Crippen molar-refractivity contribution in [3.05, 3.63) is 16.5 Å². The Labute approximate surface area is 78.0 Å². The van der Waals surface area contributed by atoms with Crippen molar-refractivity contribution in [3.63, 3.8) is 0 Å². The van der Waals surface area contributed by atoms with E-state index in [9.17, 15) is 4.79 Å². The molecule has 2 N–H and O–H groups in total. The molecule has 0 radical (unpaired) electrons. The highest BCUT2D eigenvalue weighted by Gasteiger charge is 2.04. The van der Waals surface area contributed by atoms with Crippen LogP contribution in [0.5, 0.6) is 0 Å². The van der Waals surface area contributed by atoms with E-state index < -0.39 is 5.97 Å². The molecule has 0 amide bonds. The molecule has 0 aromatic carbocycles. The van der Waals surface area contributed by atoms with Gasteiger partial charge < -0.3 is 10.1 Å². The molecule has 0 aliphatic heterocycles. The smallest absolute Gasteiger partial charge is 0.352 e. The Morgan fingerprint density at radius 3 is 3.00 bits per heavy atom. The summed E-state index contributed by atoms with van der Waals surface area (Å²) in [5.41, 5.74) is 0.0688. The normalized spacial score (nSPS) is 9.75. The molecule has 64 valence electrons. The van der Waals surface area contributed by atoms with Crippen LogP contribution in [-0.4, -0.2) is 27.3 Å². The molecule has 1 heterocycles. The van der Waals surface area contributed by atoms with E-state index in [2.05, 4.69) is 9.97 Å². The van der Waals surface area contributed by atoms with Crippen LogP contribution in [0.1, 0.15) is 10.5 Å². The molecule has 6 heteroatoms. The van der Waals surface area contributed by atoms with Gasteiger partial charge in [-0.2, -0.15) is 0 Å². The lowest BCUT2D eigenvalue weighted by Crippen LogP contribution is -2.01. The van der Waals surface area contributed by atoms with Crippen molar-refractivity contribution < 1.29 is 9.90 Å². The van der Waals surface area contributed by atoms with Gasteiger partial charge in [0.1, 0.15) is 10.7 Å². The van der Waals surface area contributed by atoms with E-state index in [1.54, 1.807) is 0 Å². The maximum absolute atomic E-state index is 10.5. The van der Waals surface area contributed by atoms with Crippen molar-refractivity contribution in [1.29, 1.82) is 0 Å². The van der Waals surface area contributed by atoms with E-state index >= 15 is 0 Å². The summed E-state index contributed by atoms with van der Waals surface area (Å²) < 4.78 is 0.194. The van der Waals surface area contributed by atoms with Crippen molar-refractivity contribution >= 4 is 29.9 Å². The van der Waals surface area contributed by atoms with Crippen LogP contribution in [0.4, 0.5) is 0 Å². The van der Waals surface area contributed by atoms with Crippen LogP contribution >= 0.6 is 24.0 Å². The lowest BCUT2D eigenvalue weighted by atomic mass is 10.4. The average Bonchev–Trinajstić information content (AvgIpc) is 2.03. The fraction of sp³-hybridized carbons (Fsp3) is 0.167. The van der Waals surface area contributed by atoms with Gasteiger partial charge in [-0.25, -0.2) is 9.78 Å². The molecule has 0 spiro atoms. The molecule has 0 aliphatic carbocycles. The van der Waals surface area contributed by atoms with Crippen molar-refractivity contribution in [1.82, 2.24) is 9.97 Å². The Kier molecular flexibility index (Phi) is 2.83. The second-order valence-electron chi connectivity index (χ2n) is 1.95.